The van der Waals surface area contributed by atoms with Crippen LogP contribution in [0.5, 0.6) is 0 Å². The zero-order chi connectivity index (χ0) is 16.3. The number of aromatic nitrogens is 3. The Balaban J connectivity index is 2.01. The summed E-state index contributed by atoms with van der Waals surface area (Å²) in [7, 11) is 1.37. The van der Waals surface area contributed by atoms with E-state index in [1.165, 1.54) is 18.4 Å². The van der Waals surface area contributed by atoms with Gasteiger partial charge < -0.3 is 10.1 Å². The van der Waals surface area contributed by atoms with Crippen LogP contribution in [-0.2, 0) is 11.2 Å². The van der Waals surface area contributed by atoms with Crippen molar-refractivity contribution in [2.24, 2.45) is 0 Å². The molecule has 0 aliphatic carbocycles. The van der Waals surface area contributed by atoms with E-state index in [9.17, 15) is 4.79 Å². The highest BCUT2D eigenvalue weighted by Crippen LogP contribution is 2.19. The fraction of sp³-hybridized carbons (Fsp3) is 0.467. The maximum atomic E-state index is 11.6. The van der Waals surface area contributed by atoms with Gasteiger partial charge in [0, 0.05) is 29.1 Å². The molecule has 0 radical (unpaired) electrons. The highest BCUT2D eigenvalue weighted by Gasteiger charge is 2.15. The van der Waals surface area contributed by atoms with Crippen molar-refractivity contribution < 1.29 is 9.53 Å². The predicted molar refractivity (Wildman–Crippen MR) is 86.6 cm³/mol. The molecule has 2 heterocycles. The van der Waals surface area contributed by atoms with E-state index < -0.39 is 0 Å². The molecule has 0 aromatic carbocycles. The lowest BCUT2D eigenvalue weighted by atomic mass is 10.2. The molecule has 2 aromatic heterocycles. The van der Waals surface area contributed by atoms with Crippen LogP contribution < -0.4 is 5.32 Å². The topological polar surface area (TPSA) is 77.0 Å². The fourth-order valence-electron chi connectivity index (χ4n) is 2.07. The van der Waals surface area contributed by atoms with Crippen LogP contribution in [0.25, 0.3) is 0 Å². The van der Waals surface area contributed by atoms with Crippen LogP contribution in [0.2, 0.25) is 0 Å². The lowest BCUT2D eigenvalue weighted by Crippen LogP contribution is -2.10. The third-order valence-corrected chi connectivity index (χ3v) is 4.38. The van der Waals surface area contributed by atoms with Crippen molar-refractivity contribution in [2.45, 2.75) is 34.1 Å². The summed E-state index contributed by atoms with van der Waals surface area (Å²) in [5, 5.41) is 4.22. The second-order valence-corrected chi connectivity index (χ2v) is 6.30. The number of esters is 1. The summed E-state index contributed by atoms with van der Waals surface area (Å²) >= 11 is 1.52. The molecule has 0 bridgehead atoms. The van der Waals surface area contributed by atoms with Crippen LogP contribution >= 0.6 is 11.3 Å². The first kappa shape index (κ1) is 16.4. The number of nitrogens with zero attached hydrogens (tertiary/aromatic N) is 3. The molecule has 22 heavy (non-hydrogen) atoms. The van der Waals surface area contributed by atoms with E-state index in [1.807, 2.05) is 27.7 Å². The SMILES string of the molecule is COC(=O)c1nc(CCNc2nc(C)nc(C)c2C)sc1C. The van der Waals surface area contributed by atoms with Gasteiger partial charge in [-0.05, 0) is 27.7 Å². The van der Waals surface area contributed by atoms with Crippen molar-refractivity contribution in [1.82, 2.24) is 15.0 Å². The second-order valence-electron chi connectivity index (χ2n) is 5.01. The van der Waals surface area contributed by atoms with Crippen molar-refractivity contribution in [3.05, 3.63) is 32.7 Å². The number of ether oxygens (including phenoxy) is 1. The van der Waals surface area contributed by atoms with Gasteiger partial charge in [0.25, 0.3) is 0 Å². The van der Waals surface area contributed by atoms with E-state index in [-0.39, 0.29) is 5.97 Å². The Morgan fingerprint density at radius 1 is 1.18 bits per heavy atom. The van der Waals surface area contributed by atoms with Gasteiger partial charge in [-0.3, -0.25) is 0 Å². The molecule has 6 nitrogen and oxygen atoms in total. The van der Waals surface area contributed by atoms with E-state index in [2.05, 4.69) is 20.3 Å². The highest BCUT2D eigenvalue weighted by molar-refractivity contribution is 7.11. The number of carbonyl (C=O) groups is 1. The summed E-state index contributed by atoms with van der Waals surface area (Å²) in [6, 6.07) is 0. The average molecular weight is 320 g/mol. The Hall–Kier alpha value is -2.02. The number of rotatable bonds is 5. The predicted octanol–water partition coefficient (Wildman–Crippen LogP) is 2.61. The van der Waals surface area contributed by atoms with Gasteiger partial charge in [-0.15, -0.1) is 11.3 Å². The maximum absolute atomic E-state index is 11.6. The van der Waals surface area contributed by atoms with Crippen LogP contribution in [0.1, 0.15) is 37.5 Å². The van der Waals surface area contributed by atoms with Crippen LogP contribution in [0, 0.1) is 27.7 Å². The summed E-state index contributed by atoms with van der Waals surface area (Å²) in [6.45, 7) is 8.43. The van der Waals surface area contributed by atoms with Crippen LogP contribution in [0.4, 0.5) is 5.82 Å². The third kappa shape index (κ3) is 3.59. The molecule has 0 atom stereocenters. The van der Waals surface area contributed by atoms with Crippen molar-refractivity contribution in [1.29, 1.82) is 0 Å². The lowest BCUT2D eigenvalue weighted by molar-refractivity contribution is 0.0594. The lowest BCUT2D eigenvalue weighted by Gasteiger charge is -2.10. The van der Waals surface area contributed by atoms with Gasteiger partial charge in [0.2, 0.25) is 0 Å². The van der Waals surface area contributed by atoms with Crippen molar-refractivity contribution >= 4 is 23.1 Å². The van der Waals surface area contributed by atoms with E-state index >= 15 is 0 Å². The minimum atomic E-state index is -0.383. The minimum Gasteiger partial charge on any atom is -0.464 e. The van der Waals surface area contributed by atoms with Crippen molar-refractivity contribution in [3.8, 4) is 0 Å². The highest BCUT2D eigenvalue weighted by atomic mass is 32.1. The number of aryl methyl sites for hydroxylation is 3. The average Bonchev–Trinajstić information content (AvgIpc) is 2.84. The zero-order valence-corrected chi connectivity index (χ0v) is 14.3. The molecular weight excluding hydrogens is 300 g/mol. The quantitative estimate of drug-likeness (QED) is 0.853. The monoisotopic (exact) mass is 320 g/mol. The molecule has 0 spiro atoms. The van der Waals surface area contributed by atoms with Crippen LogP contribution in [0.15, 0.2) is 0 Å². The molecule has 0 fully saturated rings. The van der Waals surface area contributed by atoms with Gasteiger partial charge in [0.05, 0.1) is 12.1 Å². The Bertz CT molecular complexity index is 697. The normalized spacial score (nSPS) is 10.6. The van der Waals surface area contributed by atoms with Crippen molar-refractivity contribution in [3.63, 3.8) is 0 Å². The molecule has 1 N–H and O–H groups in total. The first-order chi connectivity index (χ1) is 10.4. The Morgan fingerprint density at radius 2 is 1.91 bits per heavy atom. The number of anilines is 1. The molecule has 0 amide bonds. The zero-order valence-electron chi connectivity index (χ0n) is 13.5. The summed E-state index contributed by atoms with van der Waals surface area (Å²) < 4.78 is 4.72. The number of carbonyl (C=O) groups excluding carboxylic acids is 1. The van der Waals surface area contributed by atoms with Gasteiger partial charge in [-0.25, -0.2) is 19.7 Å². The first-order valence-electron chi connectivity index (χ1n) is 7.02. The third-order valence-electron chi connectivity index (χ3n) is 3.35. The standard InChI is InChI=1S/C15H20N4O2S/c1-8-9(2)17-11(4)18-14(8)16-7-6-12-19-13(10(3)22-12)15(20)21-5/h6-7H2,1-5H3,(H,16,17,18). The van der Waals surface area contributed by atoms with Crippen LogP contribution in [-0.4, -0.2) is 34.6 Å². The molecule has 0 aliphatic rings. The molecule has 0 unspecified atom stereocenters. The number of methoxy groups -OCH3 is 1. The summed E-state index contributed by atoms with van der Waals surface area (Å²) in [5.41, 5.74) is 2.44. The molecule has 0 aliphatic heterocycles. The molecule has 2 aromatic rings. The van der Waals surface area contributed by atoms with Gasteiger partial charge in [0.15, 0.2) is 5.69 Å². The molecular formula is C15H20N4O2S. The first-order valence-corrected chi connectivity index (χ1v) is 7.84. The molecule has 2 rings (SSSR count). The minimum absolute atomic E-state index is 0.383. The smallest absolute Gasteiger partial charge is 0.357 e. The Morgan fingerprint density at radius 3 is 2.59 bits per heavy atom. The van der Waals surface area contributed by atoms with E-state index in [4.69, 9.17) is 4.74 Å². The fourth-order valence-corrected chi connectivity index (χ4v) is 2.99. The van der Waals surface area contributed by atoms with Gasteiger partial charge in [-0.2, -0.15) is 0 Å². The van der Waals surface area contributed by atoms with E-state index in [0.717, 1.165) is 39.2 Å². The number of nitrogens with one attached hydrogen (secondary N) is 1. The van der Waals surface area contributed by atoms with E-state index in [1.54, 1.807) is 0 Å². The van der Waals surface area contributed by atoms with Gasteiger partial charge in [0.1, 0.15) is 11.6 Å². The summed E-state index contributed by atoms with van der Waals surface area (Å²) in [5.74, 6) is 1.22. The second kappa shape index (κ2) is 6.83. The molecule has 0 saturated carbocycles. The van der Waals surface area contributed by atoms with Crippen molar-refractivity contribution in [2.75, 3.05) is 19.0 Å². The Labute approximate surface area is 134 Å². The number of hydrogen-bond acceptors (Lipinski definition) is 7. The molecule has 0 saturated heterocycles. The summed E-state index contributed by atoms with van der Waals surface area (Å²) in [6.07, 6.45) is 0.726. The molecule has 7 heteroatoms. The maximum Gasteiger partial charge on any atom is 0.357 e. The largest absolute Gasteiger partial charge is 0.464 e. The van der Waals surface area contributed by atoms with Gasteiger partial charge in [-0.1, -0.05) is 0 Å². The van der Waals surface area contributed by atoms with Crippen LogP contribution in [0.3, 0.4) is 0 Å². The van der Waals surface area contributed by atoms with E-state index in [0.29, 0.717) is 12.2 Å². The molecule has 118 valence electrons. The van der Waals surface area contributed by atoms with Gasteiger partial charge >= 0.3 is 5.97 Å². The number of thiazole rings is 1. The summed E-state index contributed by atoms with van der Waals surface area (Å²) in [4.78, 5) is 25.5. The Kier molecular flexibility index (Phi) is 5.07. The number of hydrogen-bond donors (Lipinski definition) is 1.